The van der Waals surface area contributed by atoms with Gasteiger partial charge >= 0.3 is 0 Å². The zero-order chi connectivity index (χ0) is 16.5. The van der Waals surface area contributed by atoms with Gasteiger partial charge in [0.05, 0.1) is 17.2 Å². The molecular weight excluding hydrogens is 320 g/mol. The van der Waals surface area contributed by atoms with Crippen LogP contribution in [0, 0.1) is 11.8 Å². The molecule has 1 N–H and O–H groups in total. The third-order valence-corrected chi connectivity index (χ3v) is 6.83. The smallest absolute Gasteiger partial charge is 0.193 e. The van der Waals surface area contributed by atoms with Crippen LogP contribution in [0.4, 0.5) is 0 Å². The summed E-state index contributed by atoms with van der Waals surface area (Å²) in [6.45, 7) is 8.27. The Kier molecular flexibility index (Phi) is 4.77. The Morgan fingerprint density at radius 2 is 2.08 bits per heavy atom. The average molecular weight is 349 g/mol. The second-order valence-electron chi connectivity index (χ2n) is 7.08. The summed E-state index contributed by atoms with van der Waals surface area (Å²) in [7, 11) is 0. The normalized spacial score (nSPS) is 31.8. The minimum Gasteiger partial charge on any atom is -0.374 e. The molecule has 1 aromatic heterocycles. The summed E-state index contributed by atoms with van der Waals surface area (Å²) >= 11 is 1.82. The lowest BCUT2D eigenvalue weighted by Gasteiger charge is -2.23. The summed E-state index contributed by atoms with van der Waals surface area (Å²) < 4.78 is 6.09. The van der Waals surface area contributed by atoms with Gasteiger partial charge in [0.2, 0.25) is 0 Å². The predicted octanol–water partition coefficient (Wildman–Crippen LogP) is 2.32. The van der Waals surface area contributed by atoms with E-state index in [4.69, 9.17) is 9.73 Å². The van der Waals surface area contributed by atoms with Crippen molar-refractivity contribution in [2.45, 2.75) is 51.7 Å². The molecule has 2 bridgehead atoms. The van der Waals surface area contributed by atoms with Crippen LogP contribution < -0.4 is 5.32 Å². The Morgan fingerprint density at radius 3 is 2.71 bits per heavy atom. The SMILES string of the molecule is CCNC(=NCCc1ncc(CC)s1)N1CC2C3CCC(O3)C2C1. The molecule has 3 aliphatic rings. The van der Waals surface area contributed by atoms with Gasteiger partial charge in [-0.15, -0.1) is 11.3 Å². The van der Waals surface area contributed by atoms with Gasteiger partial charge in [0.15, 0.2) is 5.96 Å². The van der Waals surface area contributed by atoms with Gasteiger partial charge in [-0.2, -0.15) is 0 Å². The van der Waals surface area contributed by atoms with Crippen molar-refractivity contribution in [2.24, 2.45) is 16.8 Å². The van der Waals surface area contributed by atoms with Crippen molar-refractivity contribution in [1.29, 1.82) is 0 Å². The van der Waals surface area contributed by atoms with E-state index in [1.807, 2.05) is 17.5 Å². The van der Waals surface area contributed by atoms with Gasteiger partial charge in [-0.1, -0.05) is 6.92 Å². The largest absolute Gasteiger partial charge is 0.374 e. The highest BCUT2D eigenvalue weighted by atomic mass is 32.1. The molecule has 4 rings (SSSR count). The topological polar surface area (TPSA) is 49.8 Å². The molecule has 4 unspecified atom stereocenters. The fourth-order valence-electron chi connectivity index (χ4n) is 4.44. The van der Waals surface area contributed by atoms with Crippen molar-refractivity contribution < 1.29 is 4.74 Å². The molecule has 0 spiro atoms. The van der Waals surface area contributed by atoms with Gasteiger partial charge in [0, 0.05) is 55.5 Å². The van der Waals surface area contributed by atoms with Crippen molar-refractivity contribution in [1.82, 2.24) is 15.2 Å². The fraction of sp³-hybridized carbons (Fsp3) is 0.778. The molecule has 3 aliphatic heterocycles. The van der Waals surface area contributed by atoms with E-state index in [2.05, 4.69) is 29.0 Å². The number of nitrogens with zero attached hydrogens (tertiary/aromatic N) is 3. The molecule has 1 aromatic rings. The Hall–Kier alpha value is -1.14. The standard InChI is InChI=1S/C18H28N4OS/c1-3-12-9-21-17(24-12)7-8-20-18(19-4-2)22-10-13-14(11-22)16-6-5-15(13)23-16/h9,13-16H,3-8,10-11H2,1-2H3,(H,19,20). The number of hydrogen-bond acceptors (Lipinski definition) is 4. The van der Waals surface area contributed by atoms with Crippen LogP contribution in [0.2, 0.25) is 0 Å². The molecule has 3 saturated heterocycles. The van der Waals surface area contributed by atoms with Crippen molar-refractivity contribution in [2.75, 3.05) is 26.2 Å². The third kappa shape index (κ3) is 3.06. The molecule has 4 atom stereocenters. The molecule has 132 valence electrons. The Bertz CT molecular complexity index is 584. The molecule has 4 heterocycles. The molecule has 6 heteroatoms. The molecule has 0 amide bonds. The maximum Gasteiger partial charge on any atom is 0.193 e. The van der Waals surface area contributed by atoms with Gasteiger partial charge in [-0.05, 0) is 26.2 Å². The van der Waals surface area contributed by atoms with Gasteiger partial charge < -0.3 is 15.0 Å². The van der Waals surface area contributed by atoms with Gasteiger partial charge in [0.25, 0.3) is 0 Å². The van der Waals surface area contributed by atoms with Crippen molar-refractivity contribution in [3.63, 3.8) is 0 Å². The summed E-state index contributed by atoms with van der Waals surface area (Å²) in [6, 6.07) is 0. The molecule has 24 heavy (non-hydrogen) atoms. The molecule has 0 aliphatic carbocycles. The number of fused-ring (bicyclic) bond motifs is 5. The summed E-state index contributed by atoms with van der Waals surface area (Å²) in [6.07, 6.45) is 7.56. The van der Waals surface area contributed by atoms with E-state index in [0.29, 0.717) is 12.2 Å². The molecule has 0 radical (unpaired) electrons. The highest BCUT2D eigenvalue weighted by Crippen LogP contribution is 2.47. The molecular formula is C18H28N4OS. The number of ether oxygens (including phenoxy) is 1. The highest BCUT2D eigenvalue weighted by Gasteiger charge is 2.53. The van der Waals surface area contributed by atoms with Crippen LogP contribution in [0.3, 0.4) is 0 Å². The lowest BCUT2D eigenvalue weighted by Crippen LogP contribution is -2.41. The van der Waals surface area contributed by atoms with Crippen LogP contribution in [0.1, 0.15) is 36.6 Å². The molecule has 5 nitrogen and oxygen atoms in total. The van der Waals surface area contributed by atoms with Crippen LogP contribution in [-0.2, 0) is 17.6 Å². The number of guanidine groups is 1. The zero-order valence-electron chi connectivity index (χ0n) is 14.7. The summed E-state index contributed by atoms with van der Waals surface area (Å²) in [5.41, 5.74) is 0. The van der Waals surface area contributed by atoms with Crippen molar-refractivity contribution in [3.8, 4) is 0 Å². The monoisotopic (exact) mass is 348 g/mol. The maximum atomic E-state index is 6.09. The first-order valence-corrected chi connectivity index (χ1v) is 10.2. The number of aryl methyl sites for hydroxylation is 1. The zero-order valence-corrected chi connectivity index (χ0v) is 15.5. The van der Waals surface area contributed by atoms with E-state index in [1.165, 1.54) is 22.7 Å². The molecule has 3 fully saturated rings. The van der Waals surface area contributed by atoms with E-state index in [9.17, 15) is 0 Å². The number of nitrogens with one attached hydrogen (secondary N) is 1. The van der Waals surface area contributed by atoms with Crippen LogP contribution in [-0.4, -0.2) is 54.2 Å². The highest BCUT2D eigenvalue weighted by molar-refractivity contribution is 7.11. The predicted molar refractivity (Wildman–Crippen MR) is 97.6 cm³/mol. The Labute approximate surface area is 148 Å². The maximum absolute atomic E-state index is 6.09. The first-order valence-electron chi connectivity index (χ1n) is 9.40. The number of hydrogen-bond donors (Lipinski definition) is 1. The minimum atomic E-state index is 0.510. The third-order valence-electron chi connectivity index (χ3n) is 5.62. The van der Waals surface area contributed by atoms with E-state index < -0.39 is 0 Å². The summed E-state index contributed by atoms with van der Waals surface area (Å²) in [5.74, 6) is 2.52. The Morgan fingerprint density at radius 1 is 1.33 bits per heavy atom. The quantitative estimate of drug-likeness (QED) is 0.655. The number of aliphatic imine (C=N–C) groups is 1. The Balaban J connectivity index is 1.37. The van der Waals surface area contributed by atoms with Gasteiger partial charge in [0.1, 0.15) is 0 Å². The number of aromatic nitrogens is 1. The second kappa shape index (κ2) is 7.00. The number of thiazole rings is 1. The average Bonchev–Trinajstić information content (AvgIpc) is 3.34. The van der Waals surface area contributed by atoms with Crippen LogP contribution in [0.15, 0.2) is 11.2 Å². The lowest BCUT2D eigenvalue weighted by molar-refractivity contribution is 0.0767. The van der Waals surface area contributed by atoms with Crippen LogP contribution >= 0.6 is 11.3 Å². The lowest BCUT2D eigenvalue weighted by atomic mass is 9.82. The first-order chi connectivity index (χ1) is 11.8. The van der Waals surface area contributed by atoms with Crippen LogP contribution in [0.25, 0.3) is 0 Å². The van der Waals surface area contributed by atoms with E-state index in [1.54, 1.807) is 0 Å². The van der Waals surface area contributed by atoms with Crippen LogP contribution in [0.5, 0.6) is 0 Å². The first kappa shape index (κ1) is 16.3. The van der Waals surface area contributed by atoms with E-state index >= 15 is 0 Å². The molecule has 0 saturated carbocycles. The van der Waals surface area contributed by atoms with Gasteiger partial charge in [-0.3, -0.25) is 4.99 Å². The van der Waals surface area contributed by atoms with Crippen molar-refractivity contribution >= 4 is 17.3 Å². The van der Waals surface area contributed by atoms with Crippen molar-refractivity contribution in [3.05, 3.63) is 16.1 Å². The fourth-order valence-corrected chi connectivity index (χ4v) is 5.29. The summed E-state index contributed by atoms with van der Waals surface area (Å²) in [5, 5.41) is 4.69. The minimum absolute atomic E-state index is 0.510. The number of likely N-dealkylation sites (tertiary alicyclic amines) is 1. The summed E-state index contributed by atoms with van der Waals surface area (Å²) in [4.78, 5) is 13.2. The van der Waals surface area contributed by atoms with E-state index in [0.717, 1.165) is 56.8 Å². The van der Waals surface area contributed by atoms with Gasteiger partial charge in [-0.25, -0.2) is 4.98 Å². The molecule has 0 aromatic carbocycles. The number of rotatable bonds is 5. The second-order valence-corrected chi connectivity index (χ2v) is 8.28. The van der Waals surface area contributed by atoms with E-state index in [-0.39, 0.29) is 0 Å².